The first-order valence-corrected chi connectivity index (χ1v) is 10.3. The monoisotopic (exact) mass is 380 g/mol. The van der Waals surface area contributed by atoms with Crippen molar-refractivity contribution in [2.75, 3.05) is 32.7 Å². The summed E-state index contributed by atoms with van der Waals surface area (Å²) in [5.74, 6) is 0.247. The highest BCUT2D eigenvalue weighted by Gasteiger charge is 2.25. The van der Waals surface area contributed by atoms with E-state index in [0.29, 0.717) is 0 Å². The molecule has 1 heterocycles. The Labute approximate surface area is 169 Å². The summed E-state index contributed by atoms with van der Waals surface area (Å²) in [7, 11) is 0. The fourth-order valence-electron chi connectivity index (χ4n) is 3.85. The third-order valence-electron chi connectivity index (χ3n) is 5.63. The second-order valence-electron chi connectivity index (χ2n) is 7.76. The Morgan fingerprint density at radius 1 is 0.893 bits per heavy atom. The summed E-state index contributed by atoms with van der Waals surface area (Å²) in [5, 5.41) is 0. The SMILES string of the molecule is C[C@H](CN1CCN([C@H](C)O[C@@H](C)c2ccccc2)CC1)C(=O)c1ccccc1. The van der Waals surface area contributed by atoms with Crippen LogP contribution in [0, 0.1) is 5.92 Å². The van der Waals surface area contributed by atoms with Gasteiger partial charge in [0.2, 0.25) is 0 Å². The van der Waals surface area contributed by atoms with E-state index < -0.39 is 0 Å². The molecule has 1 fully saturated rings. The fraction of sp³-hybridized carbons (Fsp3) is 0.458. The lowest BCUT2D eigenvalue weighted by Crippen LogP contribution is -2.51. The van der Waals surface area contributed by atoms with Crippen molar-refractivity contribution < 1.29 is 9.53 Å². The van der Waals surface area contributed by atoms with Gasteiger partial charge in [-0.2, -0.15) is 0 Å². The van der Waals surface area contributed by atoms with Crippen LogP contribution in [0.3, 0.4) is 0 Å². The first-order chi connectivity index (χ1) is 13.5. The Morgan fingerprint density at radius 2 is 1.46 bits per heavy atom. The number of rotatable bonds is 8. The van der Waals surface area contributed by atoms with Crippen molar-refractivity contribution in [3.05, 3.63) is 71.8 Å². The number of Topliss-reactive ketones (excluding diaryl/α,β-unsaturated/α-hetero) is 1. The largest absolute Gasteiger partial charge is 0.356 e. The topological polar surface area (TPSA) is 32.8 Å². The molecule has 1 aliphatic heterocycles. The number of hydrogen-bond donors (Lipinski definition) is 0. The molecule has 0 aromatic heterocycles. The summed E-state index contributed by atoms with van der Waals surface area (Å²) in [6, 6.07) is 20.0. The predicted octanol–water partition coefficient (Wildman–Crippen LogP) is 4.25. The van der Waals surface area contributed by atoms with E-state index in [1.54, 1.807) is 0 Å². The highest BCUT2D eigenvalue weighted by Crippen LogP contribution is 2.20. The van der Waals surface area contributed by atoms with E-state index in [9.17, 15) is 4.79 Å². The van der Waals surface area contributed by atoms with Gasteiger partial charge in [0, 0.05) is 44.2 Å². The van der Waals surface area contributed by atoms with Gasteiger partial charge in [-0.3, -0.25) is 9.69 Å². The van der Waals surface area contributed by atoms with Crippen molar-refractivity contribution in [1.82, 2.24) is 9.80 Å². The Balaban J connectivity index is 1.44. The van der Waals surface area contributed by atoms with Crippen LogP contribution < -0.4 is 0 Å². The molecular formula is C24H32N2O2. The zero-order chi connectivity index (χ0) is 19.9. The molecule has 4 nitrogen and oxygen atoms in total. The summed E-state index contributed by atoms with van der Waals surface area (Å²) in [6.07, 6.45) is 0.165. The third kappa shape index (κ3) is 5.51. The normalized spacial score (nSPS) is 19.1. The van der Waals surface area contributed by atoms with Gasteiger partial charge in [-0.05, 0) is 19.4 Å². The van der Waals surface area contributed by atoms with Crippen LogP contribution >= 0.6 is 0 Å². The average molecular weight is 381 g/mol. The van der Waals surface area contributed by atoms with Gasteiger partial charge < -0.3 is 9.64 Å². The highest BCUT2D eigenvalue weighted by atomic mass is 16.5. The molecule has 2 aromatic carbocycles. The summed E-state index contributed by atoms with van der Waals surface area (Å²) in [4.78, 5) is 17.4. The van der Waals surface area contributed by atoms with Gasteiger partial charge in [-0.15, -0.1) is 0 Å². The van der Waals surface area contributed by atoms with E-state index in [2.05, 4.69) is 47.9 Å². The molecule has 0 spiro atoms. The third-order valence-corrected chi connectivity index (χ3v) is 5.63. The highest BCUT2D eigenvalue weighted by molar-refractivity contribution is 5.97. The van der Waals surface area contributed by atoms with Crippen LogP contribution in [-0.4, -0.2) is 54.5 Å². The van der Waals surface area contributed by atoms with Crippen LogP contribution in [0.1, 0.15) is 42.8 Å². The lowest BCUT2D eigenvalue weighted by Gasteiger charge is -2.39. The lowest BCUT2D eigenvalue weighted by molar-refractivity contribution is -0.0976. The molecule has 0 unspecified atom stereocenters. The Hall–Kier alpha value is -2.01. The molecule has 1 saturated heterocycles. The molecule has 3 atom stereocenters. The number of carbonyl (C=O) groups is 1. The smallest absolute Gasteiger partial charge is 0.166 e. The fourth-order valence-corrected chi connectivity index (χ4v) is 3.85. The number of piperazine rings is 1. The molecule has 3 rings (SSSR count). The summed E-state index contributed by atoms with van der Waals surface area (Å²) in [6.45, 7) is 11.0. The van der Waals surface area contributed by atoms with Crippen molar-refractivity contribution in [3.8, 4) is 0 Å². The predicted molar refractivity (Wildman–Crippen MR) is 113 cm³/mol. The van der Waals surface area contributed by atoms with Crippen LogP contribution in [0.5, 0.6) is 0 Å². The molecule has 0 amide bonds. The summed E-state index contributed by atoms with van der Waals surface area (Å²) in [5.41, 5.74) is 2.02. The molecule has 1 aliphatic rings. The molecule has 0 radical (unpaired) electrons. The molecule has 0 bridgehead atoms. The van der Waals surface area contributed by atoms with Crippen molar-refractivity contribution in [1.29, 1.82) is 0 Å². The maximum atomic E-state index is 12.6. The minimum absolute atomic E-state index is 0.0146. The molecule has 2 aromatic rings. The van der Waals surface area contributed by atoms with Crippen molar-refractivity contribution >= 4 is 5.78 Å². The van der Waals surface area contributed by atoms with E-state index in [0.717, 1.165) is 38.3 Å². The molecule has 0 aliphatic carbocycles. The molecule has 150 valence electrons. The van der Waals surface area contributed by atoms with E-state index in [1.165, 1.54) is 5.56 Å². The average Bonchev–Trinajstić information content (AvgIpc) is 2.74. The Morgan fingerprint density at radius 3 is 2.07 bits per heavy atom. The van der Waals surface area contributed by atoms with Crippen molar-refractivity contribution in [3.63, 3.8) is 0 Å². The number of benzene rings is 2. The first-order valence-electron chi connectivity index (χ1n) is 10.3. The molecule has 4 heteroatoms. The Bertz CT molecular complexity index is 727. The zero-order valence-corrected chi connectivity index (χ0v) is 17.3. The van der Waals surface area contributed by atoms with E-state index >= 15 is 0 Å². The maximum absolute atomic E-state index is 12.6. The van der Waals surface area contributed by atoms with Crippen LogP contribution in [0.25, 0.3) is 0 Å². The van der Waals surface area contributed by atoms with E-state index in [-0.39, 0.29) is 24.0 Å². The first kappa shape index (κ1) is 20.7. The number of nitrogens with zero attached hydrogens (tertiary/aromatic N) is 2. The molecular weight excluding hydrogens is 348 g/mol. The second-order valence-corrected chi connectivity index (χ2v) is 7.76. The van der Waals surface area contributed by atoms with Crippen LogP contribution in [0.2, 0.25) is 0 Å². The zero-order valence-electron chi connectivity index (χ0n) is 17.3. The van der Waals surface area contributed by atoms with Crippen LogP contribution in [0.4, 0.5) is 0 Å². The van der Waals surface area contributed by atoms with E-state index in [1.807, 2.05) is 43.3 Å². The van der Waals surface area contributed by atoms with Gasteiger partial charge in [-0.1, -0.05) is 67.6 Å². The number of hydrogen-bond acceptors (Lipinski definition) is 4. The van der Waals surface area contributed by atoms with Crippen molar-refractivity contribution in [2.45, 2.75) is 33.1 Å². The number of ketones is 1. The maximum Gasteiger partial charge on any atom is 0.166 e. The van der Waals surface area contributed by atoms with Gasteiger partial charge in [-0.25, -0.2) is 0 Å². The van der Waals surface area contributed by atoms with E-state index in [4.69, 9.17) is 4.74 Å². The minimum Gasteiger partial charge on any atom is -0.356 e. The van der Waals surface area contributed by atoms with Gasteiger partial charge in [0.25, 0.3) is 0 Å². The van der Waals surface area contributed by atoms with Gasteiger partial charge >= 0.3 is 0 Å². The molecule has 28 heavy (non-hydrogen) atoms. The summed E-state index contributed by atoms with van der Waals surface area (Å²) >= 11 is 0. The van der Waals surface area contributed by atoms with Crippen LogP contribution in [-0.2, 0) is 4.74 Å². The quantitative estimate of drug-likeness (QED) is 0.641. The molecule has 0 N–H and O–H groups in total. The lowest BCUT2D eigenvalue weighted by atomic mass is 9.98. The van der Waals surface area contributed by atoms with Gasteiger partial charge in [0.05, 0.1) is 6.10 Å². The number of ether oxygens (including phenoxy) is 1. The second kappa shape index (κ2) is 9.97. The van der Waals surface area contributed by atoms with Crippen molar-refractivity contribution in [2.24, 2.45) is 5.92 Å². The standard InChI is InChI=1S/C24H32N2O2/c1-19(24(27)23-12-8-5-9-13-23)18-25-14-16-26(17-15-25)21(3)28-20(2)22-10-6-4-7-11-22/h4-13,19-21H,14-18H2,1-3H3/t19-,20+,21+/m1/s1. The molecule has 0 saturated carbocycles. The number of carbonyl (C=O) groups excluding carboxylic acids is 1. The van der Waals surface area contributed by atoms with Gasteiger partial charge in [0.1, 0.15) is 6.23 Å². The minimum atomic E-state index is 0.0146. The van der Waals surface area contributed by atoms with Crippen LogP contribution in [0.15, 0.2) is 60.7 Å². The van der Waals surface area contributed by atoms with Gasteiger partial charge in [0.15, 0.2) is 5.78 Å². The Kier molecular flexibility index (Phi) is 7.37. The summed E-state index contributed by atoms with van der Waals surface area (Å²) < 4.78 is 6.24.